The van der Waals surface area contributed by atoms with Crippen LogP contribution >= 0.6 is 0 Å². The summed E-state index contributed by atoms with van der Waals surface area (Å²) < 4.78 is 33.9. The first-order valence-corrected chi connectivity index (χ1v) is 7.87. The Labute approximate surface area is 154 Å². The van der Waals surface area contributed by atoms with Crippen LogP contribution in [0.25, 0.3) is 6.08 Å². The van der Waals surface area contributed by atoms with Gasteiger partial charge in [-0.25, -0.2) is 0 Å². The first-order chi connectivity index (χ1) is 12.9. The van der Waals surface area contributed by atoms with Crippen molar-refractivity contribution in [1.29, 1.82) is 0 Å². The van der Waals surface area contributed by atoms with Gasteiger partial charge in [0, 0.05) is 11.6 Å². The molecule has 142 valence electrons. The maximum atomic E-state index is 12.3. The van der Waals surface area contributed by atoms with E-state index in [9.17, 15) is 18.4 Å². The Morgan fingerprint density at radius 3 is 2.37 bits per heavy atom. The number of ether oxygens (including phenoxy) is 2. The van der Waals surface area contributed by atoms with Gasteiger partial charge in [-0.3, -0.25) is 20.4 Å². The van der Waals surface area contributed by atoms with Gasteiger partial charge in [0.1, 0.15) is 0 Å². The lowest BCUT2D eigenvalue weighted by molar-refractivity contribution is -0.117. The van der Waals surface area contributed by atoms with Gasteiger partial charge in [0.05, 0.1) is 7.11 Å². The first kappa shape index (κ1) is 19.9. The Balaban J connectivity index is 1.94. The van der Waals surface area contributed by atoms with Crippen molar-refractivity contribution in [2.75, 3.05) is 7.11 Å². The van der Waals surface area contributed by atoms with Gasteiger partial charge < -0.3 is 9.47 Å². The molecule has 0 aliphatic carbocycles. The Hall–Kier alpha value is -3.42. The van der Waals surface area contributed by atoms with Crippen molar-refractivity contribution in [1.82, 2.24) is 10.9 Å². The van der Waals surface area contributed by atoms with E-state index in [1.807, 2.05) is 6.92 Å². The van der Waals surface area contributed by atoms with Crippen LogP contribution < -0.4 is 20.3 Å². The van der Waals surface area contributed by atoms with Crippen LogP contribution in [-0.4, -0.2) is 25.5 Å². The highest BCUT2D eigenvalue weighted by molar-refractivity contribution is 5.97. The lowest BCUT2D eigenvalue weighted by atomic mass is 10.1. The molecular formula is C19H18F2N2O4. The zero-order chi connectivity index (χ0) is 19.8. The number of carbonyl (C=O) groups is 2. The summed E-state index contributed by atoms with van der Waals surface area (Å²) in [6.07, 6.45) is 2.61. The topological polar surface area (TPSA) is 76.7 Å². The number of aryl methyl sites for hydroxylation is 1. The fourth-order valence-corrected chi connectivity index (χ4v) is 2.09. The Morgan fingerprint density at radius 2 is 1.74 bits per heavy atom. The van der Waals surface area contributed by atoms with E-state index in [0.717, 1.165) is 5.56 Å². The van der Waals surface area contributed by atoms with Crippen LogP contribution in [0.3, 0.4) is 0 Å². The van der Waals surface area contributed by atoms with Crippen LogP contribution in [0, 0.1) is 6.92 Å². The maximum Gasteiger partial charge on any atom is 0.387 e. The Bertz CT molecular complexity index is 836. The summed E-state index contributed by atoms with van der Waals surface area (Å²) >= 11 is 0. The summed E-state index contributed by atoms with van der Waals surface area (Å²) in [6.45, 7) is -1.07. The van der Waals surface area contributed by atoms with Crippen molar-refractivity contribution < 1.29 is 27.8 Å². The minimum absolute atomic E-state index is 0.102. The van der Waals surface area contributed by atoms with Crippen LogP contribution in [-0.2, 0) is 4.79 Å². The molecule has 0 aliphatic heterocycles. The average Bonchev–Trinajstić information content (AvgIpc) is 2.65. The zero-order valence-corrected chi connectivity index (χ0v) is 14.7. The normalized spacial score (nSPS) is 10.7. The van der Waals surface area contributed by atoms with Crippen LogP contribution in [0.4, 0.5) is 8.78 Å². The van der Waals surface area contributed by atoms with Crippen molar-refractivity contribution in [2.45, 2.75) is 13.5 Å². The van der Waals surface area contributed by atoms with E-state index >= 15 is 0 Å². The molecule has 8 heteroatoms. The van der Waals surface area contributed by atoms with Crippen molar-refractivity contribution in [3.05, 3.63) is 65.2 Å². The molecule has 0 spiro atoms. The maximum absolute atomic E-state index is 12.3. The van der Waals surface area contributed by atoms with E-state index < -0.39 is 18.4 Å². The van der Waals surface area contributed by atoms with E-state index in [-0.39, 0.29) is 11.5 Å². The van der Waals surface area contributed by atoms with E-state index in [1.165, 1.54) is 37.5 Å². The molecule has 0 unspecified atom stereocenters. The summed E-state index contributed by atoms with van der Waals surface area (Å²) in [5.74, 6) is -1.03. The number of carbonyl (C=O) groups excluding carboxylic acids is 2. The molecule has 6 nitrogen and oxygen atoms in total. The summed E-state index contributed by atoms with van der Waals surface area (Å²) in [6, 6.07) is 11.1. The van der Waals surface area contributed by atoms with E-state index in [1.54, 1.807) is 24.3 Å². The Kier molecular flexibility index (Phi) is 6.87. The molecule has 0 aliphatic rings. The predicted octanol–water partition coefficient (Wildman–Crippen LogP) is 3.08. The number of alkyl halides is 2. The highest BCUT2D eigenvalue weighted by Crippen LogP contribution is 2.29. The van der Waals surface area contributed by atoms with Crippen LogP contribution in [0.1, 0.15) is 21.5 Å². The zero-order valence-electron chi connectivity index (χ0n) is 14.7. The SMILES string of the molecule is COc1cc(/C=C/C(=O)NNC(=O)c2ccc(C)cc2)ccc1OC(F)F. The quantitative estimate of drug-likeness (QED) is 0.600. The van der Waals surface area contributed by atoms with Gasteiger partial charge in [-0.05, 0) is 42.8 Å². The van der Waals surface area contributed by atoms with Crippen LogP contribution in [0.15, 0.2) is 48.5 Å². The average molecular weight is 376 g/mol. The standard InChI is InChI=1S/C19H18F2N2O4/c1-12-3-7-14(8-4-12)18(25)23-22-17(24)10-6-13-5-9-15(27-19(20)21)16(11-13)26-2/h3-11,19H,1-2H3,(H,22,24)(H,23,25)/b10-6+. The second kappa shape index (κ2) is 9.33. The monoisotopic (exact) mass is 376 g/mol. The number of hydrazine groups is 1. The highest BCUT2D eigenvalue weighted by Gasteiger charge is 2.10. The Morgan fingerprint density at radius 1 is 1.04 bits per heavy atom. The summed E-state index contributed by atoms with van der Waals surface area (Å²) in [4.78, 5) is 23.7. The van der Waals surface area contributed by atoms with Crippen molar-refractivity contribution in [3.63, 3.8) is 0 Å². The molecule has 0 aromatic heterocycles. The lowest BCUT2D eigenvalue weighted by Crippen LogP contribution is -2.40. The molecule has 2 aromatic rings. The minimum Gasteiger partial charge on any atom is -0.493 e. The molecule has 0 radical (unpaired) electrons. The molecule has 0 fully saturated rings. The number of amides is 2. The third-order valence-electron chi connectivity index (χ3n) is 3.44. The molecule has 2 rings (SSSR count). The molecule has 0 atom stereocenters. The fraction of sp³-hybridized carbons (Fsp3) is 0.158. The number of hydrogen-bond acceptors (Lipinski definition) is 4. The number of hydrogen-bond donors (Lipinski definition) is 2. The van der Waals surface area contributed by atoms with Crippen molar-refractivity contribution in [2.24, 2.45) is 0 Å². The first-order valence-electron chi connectivity index (χ1n) is 7.87. The second-order valence-corrected chi connectivity index (χ2v) is 5.43. The number of nitrogens with one attached hydrogen (secondary N) is 2. The van der Waals surface area contributed by atoms with Gasteiger partial charge >= 0.3 is 6.61 Å². The molecule has 2 amide bonds. The molecule has 0 heterocycles. The highest BCUT2D eigenvalue weighted by atomic mass is 19.3. The summed E-state index contributed by atoms with van der Waals surface area (Å²) in [7, 11) is 1.31. The third kappa shape index (κ3) is 6.10. The summed E-state index contributed by atoms with van der Waals surface area (Å²) in [5, 5.41) is 0. The van der Waals surface area contributed by atoms with Gasteiger partial charge in [0.2, 0.25) is 0 Å². The van der Waals surface area contributed by atoms with Gasteiger partial charge in [0.15, 0.2) is 11.5 Å². The molecular weight excluding hydrogens is 358 g/mol. The minimum atomic E-state index is -2.97. The van der Waals surface area contributed by atoms with Gasteiger partial charge in [-0.15, -0.1) is 0 Å². The van der Waals surface area contributed by atoms with Gasteiger partial charge in [-0.1, -0.05) is 23.8 Å². The third-order valence-corrected chi connectivity index (χ3v) is 3.44. The van der Waals surface area contributed by atoms with Crippen molar-refractivity contribution >= 4 is 17.9 Å². The number of rotatable bonds is 6. The molecule has 0 saturated heterocycles. The second-order valence-electron chi connectivity index (χ2n) is 5.43. The number of methoxy groups -OCH3 is 1. The predicted molar refractivity (Wildman–Crippen MR) is 95.4 cm³/mol. The molecule has 2 N–H and O–H groups in total. The molecule has 27 heavy (non-hydrogen) atoms. The van der Waals surface area contributed by atoms with Crippen LogP contribution in [0.5, 0.6) is 11.5 Å². The van der Waals surface area contributed by atoms with E-state index in [4.69, 9.17) is 4.74 Å². The number of halogens is 2. The van der Waals surface area contributed by atoms with Gasteiger partial charge in [-0.2, -0.15) is 8.78 Å². The molecule has 0 bridgehead atoms. The van der Waals surface area contributed by atoms with Crippen molar-refractivity contribution in [3.8, 4) is 11.5 Å². The van der Waals surface area contributed by atoms with Crippen LogP contribution in [0.2, 0.25) is 0 Å². The summed E-state index contributed by atoms with van der Waals surface area (Å²) in [5.41, 5.74) is 6.48. The smallest absolute Gasteiger partial charge is 0.387 e. The molecule has 0 saturated carbocycles. The van der Waals surface area contributed by atoms with E-state index in [0.29, 0.717) is 11.1 Å². The van der Waals surface area contributed by atoms with E-state index in [2.05, 4.69) is 15.6 Å². The van der Waals surface area contributed by atoms with Gasteiger partial charge in [0.25, 0.3) is 11.8 Å². The lowest BCUT2D eigenvalue weighted by Gasteiger charge is -2.10. The fourth-order valence-electron chi connectivity index (χ4n) is 2.09. The largest absolute Gasteiger partial charge is 0.493 e. The number of benzene rings is 2. The molecule has 2 aromatic carbocycles.